The molecule has 12 nitrogen and oxygen atoms in total. The van der Waals surface area contributed by atoms with Crippen LogP contribution in [0, 0.1) is 0 Å². The lowest BCUT2D eigenvalue weighted by Gasteiger charge is -2.32. The normalized spacial score (nSPS) is 14.9. The van der Waals surface area contributed by atoms with Crippen LogP contribution in [0.4, 0.5) is 0 Å². The lowest BCUT2D eigenvalue weighted by atomic mass is 10.0. The summed E-state index contributed by atoms with van der Waals surface area (Å²) in [6.45, 7) is 1.27. The second-order valence-corrected chi connectivity index (χ2v) is 8.99. The second kappa shape index (κ2) is 13.1. The number of hydrogen-bond acceptors (Lipinski definition) is 8. The molecule has 0 saturated carbocycles. The van der Waals surface area contributed by atoms with Gasteiger partial charge in [0.05, 0.1) is 6.17 Å². The Morgan fingerprint density at radius 3 is 2.08 bits per heavy atom. The average Bonchev–Trinajstić information content (AvgIpc) is 3.40. The van der Waals surface area contributed by atoms with Crippen LogP contribution >= 0.6 is 0 Å². The maximum atomic E-state index is 13.5. The summed E-state index contributed by atoms with van der Waals surface area (Å²) < 4.78 is 0. The van der Waals surface area contributed by atoms with E-state index in [1.54, 1.807) is 48.8 Å². The van der Waals surface area contributed by atoms with Crippen LogP contribution in [0.5, 0.6) is 5.75 Å². The highest BCUT2D eigenvalue weighted by molar-refractivity contribution is 5.93. The maximum absolute atomic E-state index is 13.5. The third kappa shape index (κ3) is 7.96. The standard InChI is InChI=1S/C26H33N7O5/c1-16(34)31-21(14-18-7-9-19(35)10-8-18)26(38)33(28)22(15-23-29-11-12-30-23)25(37)32-20(24(27)36)13-17-5-3-2-4-6-17/h2-12,20-23,29-30,35H,13-15,28H2,1H3,(H2,27,36)(H,31,34)(H,32,37). The van der Waals surface area contributed by atoms with Crippen LogP contribution < -0.4 is 32.8 Å². The highest BCUT2D eigenvalue weighted by atomic mass is 16.3. The van der Waals surface area contributed by atoms with E-state index in [1.165, 1.54) is 19.1 Å². The fraction of sp³-hybridized carbons (Fsp3) is 0.308. The van der Waals surface area contributed by atoms with Crippen LogP contribution in [0.3, 0.4) is 0 Å². The number of carbonyl (C=O) groups excluding carboxylic acids is 4. The number of primary amides is 1. The highest BCUT2D eigenvalue weighted by Gasteiger charge is 2.36. The number of phenolic OH excluding ortho intramolecular Hbond substituents is 1. The van der Waals surface area contributed by atoms with E-state index in [0.717, 1.165) is 10.6 Å². The van der Waals surface area contributed by atoms with Crippen molar-refractivity contribution in [3.05, 3.63) is 78.1 Å². The molecular weight excluding hydrogens is 490 g/mol. The molecule has 1 aliphatic heterocycles. The average molecular weight is 524 g/mol. The van der Waals surface area contributed by atoms with Gasteiger partial charge < -0.3 is 32.1 Å². The van der Waals surface area contributed by atoms with Crippen molar-refractivity contribution >= 4 is 23.6 Å². The molecule has 0 spiro atoms. The SMILES string of the molecule is CC(=O)NC(Cc1ccc(O)cc1)C(=O)N(N)C(CC1NC=CN1)C(=O)NC(Cc1ccccc1)C(N)=O. The molecule has 3 rings (SSSR count). The first-order valence-corrected chi connectivity index (χ1v) is 12.1. The number of rotatable bonds is 12. The first-order valence-electron chi connectivity index (χ1n) is 12.1. The Labute approximate surface area is 220 Å². The number of nitrogens with zero attached hydrogens (tertiary/aromatic N) is 1. The summed E-state index contributed by atoms with van der Waals surface area (Å²) in [5.74, 6) is 3.70. The van der Waals surface area contributed by atoms with Gasteiger partial charge in [0.15, 0.2) is 0 Å². The lowest BCUT2D eigenvalue weighted by molar-refractivity contribution is -0.144. The summed E-state index contributed by atoms with van der Waals surface area (Å²) in [6.07, 6.45) is 3.15. The molecule has 0 saturated heterocycles. The molecule has 2 aromatic carbocycles. The van der Waals surface area contributed by atoms with E-state index in [2.05, 4.69) is 21.3 Å². The summed E-state index contributed by atoms with van der Waals surface area (Å²) >= 11 is 0. The Hall–Kier alpha value is -4.58. The third-order valence-corrected chi connectivity index (χ3v) is 6.02. The van der Waals surface area contributed by atoms with Gasteiger partial charge >= 0.3 is 0 Å². The summed E-state index contributed by atoms with van der Waals surface area (Å²) in [4.78, 5) is 51.0. The molecule has 3 atom stereocenters. The van der Waals surface area contributed by atoms with Crippen LogP contribution in [-0.2, 0) is 32.0 Å². The number of nitrogens with two attached hydrogens (primary N) is 2. The molecule has 2 aromatic rings. The molecule has 0 aromatic heterocycles. The van der Waals surface area contributed by atoms with Crippen LogP contribution in [0.1, 0.15) is 24.5 Å². The molecule has 1 aliphatic rings. The van der Waals surface area contributed by atoms with Crippen LogP contribution in [0.15, 0.2) is 67.0 Å². The Balaban J connectivity index is 1.81. The van der Waals surface area contributed by atoms with Crippen molar-refractivity contribution in [3.63, 3.8) is 0 Å². The number of amides is 4. The zero-order valence-electron chi connectivity index (χ0n) is 21.0. The molecule has 0 fully saturated rings. The monoisotopic (exact) mass is 523 g/mol. The van der Waals surface area contributed by atoms with Gasteiger partial charge in [0.2, 0.25) is 17.7 Å². The van der Waals surface area contributed by atoms with Gasteiger partial charge in [-0.15, -0.1) is 0 Å². The van der Waals surface area contributed by atoms with Gasteiger partial charge in [-0.2, -0.15) is 0 Å². The van der Waals surface area contributed by atoms with Gasteiger partial charge in [0.1, 0.15) is 23.9 Å². The van der Waals surface area contributed by atoms with Gasteiger partial charge in [0, 0.05) is 38.6 Å². The highest BCUT2D eigenvalue weighted by Crippen LogP contribution is 2.14. The van der Waals surface area contributed by atoms with Crippen LogP contribution in [-0.4, -0.2) is 58.0 Å². The lowest BCUT2D eigenvalue weighted by Crippen LogP contribution is -2.62. The van der Waals surface area contributed by atoms with Crippen LogP contribution in [0.2, 0.25) is 0 Å². The quantitative estimate of drug-likeness (QED) is 0.106. The zero-order valence-corrected chi connectivity index (χ0v) is 21.0. The number of benzene rings is 2. The smallest absolute Gasteiger partial charge is 0.260 e. The zero-order chi connectivity index (χ0) is 27.7. The van der Waals surface area contributed by atoms with Gasteiger partial charge in [-0.1, -0.05) is 42.5 Å². The molecule has 9 N–H and O–H groups in total. The van der Waals surface area contributed by atoms with E-state index in [0.29, 0.717) is 5.56 Å². The van der Waals surface area contributed by atoms with E-state index < -0.39 is 47.9 Å². The molecule has 202 valence electrons. The van der Waals surface area contributed by atoms with Crippen molar-refractivity contribution in [2.75, 3.05) is 0 Å². The van der Waals surface area contributed by atoms with Gasteiger partial charge in [-0.25, -0.2) is 5.84 Å². The molecule has 12 heteroatoms. The Bertz CT molecular complexity index is 1150. The fourth-order valence-corrected chi connectivity index (χ4v) is 4.07. The first kappa shape index (κ1) is 28.0. The predicted octanol–water partition coefficient (Wildman–Crippen LogP) is -0.897. The van der Waals surface area contributed by atoms with Crippen molar-refractivity contribution in [1.82, 2.24) is 26.3 Å². The first-order chi connectivity index (χ1) is 18.1. The minimum Gasteiger partial charge on any atom is -0.508 e. The third-order valence-electron chi connectivity index (χ3n) is 6.02. The number of hydrogen-bond donors (Lipinski definition) is 7. The van der Waals surface area contributed by atoms with Crippen LogP contribution in [0.25, 0.3) is 0 Å². The summed E-state index contributed by atoms with van der Waals surface area (Å²) in [6, 6.07) is 11.8. The fourth-order valence-electron chi connectivity index (χ4n) is 4.07. The van der Waals surface area contributed by atoms with Crippen molar-refractivity contribution in [2.24, 2.45) is 11.6 Å². The summed E-state index contributed by atoms with van der Waals surface area (Å²) in [5, 5.41) is 21.6. The van der Waals surface area contributed by atoms with E-state index in [4.69, 9.17) is 11.6 Å². The molecule has 1 heterocycles. The molecule has 4 amide bonds. The molecule has 3 unspecified atom stereocenters. The van der Waals surface area contributed by atoms with Crippen molar-refractivity contribution < 1.29 is 24.3 Å². The van der Waals surface area contributed by atoms with E-state index in [9.17, 15) is 24.3 Å². The Morgan fingerprint density at radius 2 is 1.50 bits per heavy atom. The largest absolute Gasteiger partial charge is 0.508 e. The number of hydrazine groups is 1. The number of aromatic hydroxyl groups is 1. The molecular formula is C26H33N7O5. The minimum absolute atomic E-state index is 0.0455. The summed E-state index contributed by atoms with van der Waals surface area (Å²) in [5.41, 5.74) is 7.01. The maximum Gasteiger partial charge on any atom is 0.260 e. The van der Waals surface area contributed by atoms with E-state index >= 15 is 0 Å². The predicted molar refractivity (Wildman–Crippen MR) is 139 cm³/mol. The minimum atomic E-state index is -1.22. The number of carbonyl (C=O) groups is 4. The number of nitrogens with one attached hydrogen (secondary N) is 4. The molecule has 0 aliphatic carbocycles. The van der Waals surface area contributed by atoms with Crippen molar-refractivity contribution in [1.29, 1.82) is 0 Å². The van der Waals surface area contributed by atoms with Crippen molar-refractivity contribution in [2.45, 2.75) is 50.5 Å². The molecule has 0 bridgehead atoms. The summed E-state index contributed by atoms with van der Waals surface area (Å²) in [7, 11) is 0. The Morgan fingerprint density at radius 1 is 0.921 bits per heavy atom. The van der Waals surface area contributed by atoms with Gasteiger partial charge in [0.25, 0.3) is 5.91 Å². The van der Waals surface area contributed by atoms with Gasteiger partial charge in [-0.3, -0.25) is 24.2 Å². The Kier molecular flexibility index (Phi) is 9.66. The van der Waals surface area contributed by atoms with E-state index in [-0.39, 0.29) is 25.0 Å². The van der Waals surface area contributed by atoms with Crippen molar-refractivity contribution in [3.8, 4) is 5.75 Å². The topological polar surface area (TPSA) is 192 Å². The van der Waals surface area contributed by atoms with E-state index in [1.807, 2.05) is 6.07 Å². The second-order valence-electron chi connectivity index (χ2n) is 8.99. The van der Waals surface area contributed by atoms with Gasteiger partial charge in [-0.05, 0) is 23.3 Å². The number of phenols is 1. The molecule has 0 radical (unpaired) electrons. The molecule has 38 heavy (non-hydrogen) atoms.